The lowest BCUT2D eigenvalue weighted by atomic mass is 10.1. The van der Waals surface area contributed by atoms with Crippen molar-refractivity contribution in [2.75, 3.05) is 33.3 Å². The molecule has 0 amide bonds. The molecule has 0 radical (unpaired) electrons. The first-order valence-electron chi connectivity index (χ1n) is 6.59. The van der Waals surface area contributed by atoms with E-state index in [1.54, 1.807) is 0 Å². The third-order valence-electron chi connectivity index (χ3n) is 2.63. The quantitative estimate of drug-likeness (QED) is 0.804. The van der Waals surface area contributed by atoms with Crippen molar-refractivity contribution in [1.29, 1.82) is 0 Å². The van der Waals surface area contributed by atoms with Crippen LogP contribution in [0.3, 0.4) is 0 Å². The average molecular weight is 250 g/mol. The average Bonchev–Trinajstić information content (AvgIpc) is 2.28. The molecule has 0 fully saturated rings. The van der Waals surface area contributed by atoms with E-state index in [4.69, 9.17) is 4.74 Å². The summed E-state index contributed by atoms with van der Waals surface area (Å²) in [4.78, 5) is 2.28. The number of benzene rings is 1. The number of hydrogen-bond acceptors (Lipinski definition) is 3. The van der Waals surface area contributed by atoms with E-state index < -0.39 is 0 Å². The topological polar surface area (TPSA) is 24.5 Å². The van der Waals surface area contributed by atoms with Gasteiger partial charge >= 0.3 is 0 Å². The molecule has 0 unspecified atom stereocenters. The molecule has 0 aliphatic heterocycles. The third kappa shape index (κ3) is 7.30. The Morgan fingerprint density at radius 1 is 1.11 bits per heavy atom. The van der Waals surface area contributed by atoms with E-state index in [-0.39, 0.29) is 5.54 Å². The summed E-state index contributed by atoms with van der Waals surface area (Å²) in [5.41, 5.74) is 0.196. The smallest absolute Gasteiger partial charge is 0.119 e. The maximum atomic E-state index is 5.66. The van der Waals surface area contributed by atoms with Crippen LogP contribution in [-0.4, -0.2) is 43.7 Å². The number of nitrogens with zero attached hydrogens (tertiary/aromatic N) is 1. The van der Waals surface area contributed by atoms with Crippen LogP contribution in [0.1, 0.15) is 20.8 Å². The molecule has 0 heterocycles. The summed E-state index contributed by atoms with van der Waals surface area (Å²) in [5.74, 6) is 0.943. The minimum Gasteiger partial charge on any atom is -0.492 e. The van der Waals surface area contributed by atoms with Gasteiger partial charge in [0.05, 0.1) is 0 Å². The summed E-state index contributed by atoms with van der Waals surface area (Å²) in [6.07, 6.45) is 0. The lowest BCUT2D eigenvalue weighted by Crippen LogP contribution is -2.41. The largest absolute Gasteiger partial charge is 0.492 e. The van der Waals surface area contributed by atoms with Gasteiger partial charge in [-0.15, -0.1) is 0 Å². The highest BCUT2D eigenvalue weighted by Gasteiger charge is 2.08. The van der Waals surface area contributed by atoms with Crippen LogP contribution < -0.4 is 10.1 Å². The minimum absolute atomic E-state index is 0.196. The van der Waals surface area contributed by atoms with E-state index in [9.17, 15) is 0 Å². The lowest BCUT2D eigenvalue weighted by molar-refractivity contribution is 0.233. The predicted molar refractivity (Wildman–Crippen MR) is 77.2 cm³/mol. The molecule has 18 heavy (non-hydrogen) atoms. The van der Waals surface area contributed by atoms with Gasteiger partial charge in [-0.1, -0.05) is 18.2 Å². The highest BCUT2D eigenvalue weighted by Crippen LogP contribution is 2.07. The molecule has 0 atom stereocenters. The molecule has 0 aliphatic carbocycles. The van der Waals surface area contributed by atoms with Gasteiger partial charge in [0.1, 0.15) is 12.4 Å². The molecule has 0 aromatic heterocycles. The highest BCUT2D eigenvalue weighted by molar-refractivity contribution is 5.20. The van der Waals surface area contributed by atoms with Crippen molar-refractivity contribution in [3.05, 3.63) is 30.3 Å². The third-order valence-corrected chi connectivity index (χ3v) is 2.63. The van der Waals surface area contributed by atoms with Crippen molar-refractivity contribution in [3.63, 3.8) is 0 Å². The SMILES string of the molecule is CN(CCNC(C)(C)C)CCOc1ccccc1. The summed E-state index contributed by atoms with van der Waals surface area (Å²) < 4.78 is 5.66. The Hall–Kier alpha value is -1.06. The molecule has 0 saturated heterocycles. The first-order valence-corrected chi connectivity index (χ1v) is 6.59. The Bertz CT molecular complexity index is 319. The van der Waals surface area contributed by atoms with Crippen molar-refractivity contribution in [3.8, 4) is 5.75 Å². The van der Waals surface area contributed by atoms with Crippen LogP contribution >= 0.6 is 0 Å². The summed E-state index contributed by atoms with van der Waals surface area (Å²) in [6.45, 7) is 10.3. The van der Waals surface area contributed by atoms with Gasteiger partial charge < -0.3 is 15.0 Å². The molecule has 0 bridgehead atoms. The Kier molecular flexibility index (Phi) is 6.16. The number of hydrogen-bond donors (Lipinski definition) is 1. The van der Waals surface area contributed by atoms with Gasteiger partial charge in [0.2, 0.25) is 0 Å². The van der Waals surface area contributed by atoms with Gasteiger partial charge in [0, 0.05) is 25.2 Å². The molecule has 1 aromatic carbocycles. The van der Waals surface area contributed by atoms with Gasteiger partial charge in [-0.3, -0.25) is 0 Å². The zero-order valence-corrected chi connectivity index (χ0v) is 12.1. The Labute approximate surface area is 111 Å². The second kappa shape index (κ2) is 7.39. The van der Waals surface area contributed by atoms with E-state index in [1.165, 1.54) is 0 Å². The summed E-state index contributed by atoms with van der Waals surface area (Å²) in [6, 6.07) is 9.96. The maximum absolute atomic E-state index is 5.66. The molecule has 0 aliphatic rings. The Morgan fingerprint density at radius 3 is 2.39 bits per heavy atom. The van der Waals surface area contributed by atoms with Crippen LogP contribution in [0.4, 0.5) is 0 Å². The molecule has 1 aromatic rings. The minimum atomic E-state index is 0.196. The molecule has 3 heteroatoms. The molecule has 3 nitrogen and oxygen atoms in total. The van der Waals surface area contributed by atoms with Crippen LogP contribution in [-0.2, 0) is 0 Å². The van der Waals surface area contributed by atoms with Crippen LogP contribution in [0.2, 0.25) is 0 Å². The zero-order chi connectivity index (χ0) is 13.4. The monoisotopic (exact) mass is 250 g/mol. The molecule has 102 valence electrons. The Balaban J connectivity index is 2.09. The second-order valence-electron chi connectivity index (χ2n) is 5.64. The van der Waals surface area contributed by atoms with Crippen molar-refractivity contribution in [2.45, 2.75) is 26.3 Å². The van der Waals surface area contributed by atoms with Gasteiger partial charge in [-0.2, -0.15) is 0 Å². The van der Waals surface area contributed by atoms with Crippen LogP contribution in [0.25, 0.3) is 0 Å². The van der Waals surface area contributed by atoms with Gasteiger partial charge in [-0.25, -0.2) is 0 Å². The van der Waals surface area contributed by atoms with Gasteiger partial charge in [-0.05, 0) is 40.0 Å². The summed E-state index contributed by atoms with van der Waals surface area (Å²) in [5, 5.41) is 3.48. The predicted octanol–water partition coefficient (Wildman–Crippen LogP) is 2.39. The van der Waals surface area contributed by atoms with Crippen LogP contribution in [0.5, 0.6) is 5.75 Å². The van der Waals surface area contributed by atoms with Crippen LogP contribution in [0.15, 0.2) is 30.3 Å². The highest BCUT2D eigenvalue weighted by atomic mass is 16.5. The fraction of sp³-hybridized carbons (Fsp3) is 0.600. The number of para-hydroxylation sites is 1. The van der Waals surface area contributed by atoms with Gasteiger partial charge in [0.15, 0.2) is 0 Å². The molecular formula is C15H26N2O. The number of likely N-dealkylation sites (N-methyl/N-ethyl adjacent to an activating group) is 1. The van der Waals surface area contributed by atoms with Crippen molar-refractivity contribution >= 4 is 0 Å². The molecule has 0 saturated carbocycles. The second-order valence-corrected chi connectivity index (χ2v) is 5.64. The first-order chi connectivity index (χ1) is 8.47. The first kappa shape index (κ1) is 15.0. The molecular weight excluding hydrogens is 224 g/mol. The number of ether oxygens (including phenoxy) is 1. The van der Waals surface area contributed by atoms with Gasteiger partial charge in [0.25, 0.3) is 0 Å². The summed E-state index contributed by atoms with van der Waals surface area (Å²) >= 11 is 0. The normalized spacial score (nSPS) is 11.8. The standard InChI is InChI=1S/C15H26N2O/c1-15(2,3)16-10-11-17(4)12-13-18-14-8-6-5-7-9-14/h5-9,16H,10-13H2,1-4H3. The van der Waals surface area contributed by atoms with Crippen molar-refractivity contribution in [1.82, 2.24) is 10.2 Å². The van der Waals surface area contributed by atoms with E-state index in [0.717, 1.165) is 32.0 Å². The van der Waals surface area contributed by atoms with Crippen LogP contribution in [0, 0.1) is 0 Å². The van der Waals surface area contributed by atoms with E-state index in [0.29, 0.717) is 0 Å². The number of nitrogens with one attached hydrogen (secondary N) is 1. The lowest BCUT2D eigenvalue weighted by Gasteiger charge is -2.23. The van der Waals surface area contributed by atoms with E-state index >= 15 is 0 Å². The molecule has 0 spiro atoms. The zero-order valence-electron chi connectivity index (χ0n) is 12.1. The number of rotatable bonds is 7. The van der Waals surface area contributed by atoms with E-state index in [1.807, 2.05) is 30.3 Å². The fourth-order valence-electron chi connectivity index (χ4n) is 1.57. The molecule has 1 N–H and O–H groups in total. The van der Waals surface area contributed by atoms with E-state index in [2.05, 4.69) is 38.0 Å². The maximum Gasteiger partial charge on any atom is 0.119 e. The molecule has 1 rings (SSSR count). The van der Waals surface area contributed by atoms with Crippen molar-refractivity contribution in [2.24, 2.45) is 0 Å². The van der Waals surface area contributed by atoms with Crippen molar-refractivity contribution < 1.29 is 4.74 Å². The summed E-state index contributed by atoms with van der Waals surface area (Å²) in [7, 11) is 2.12. The Morgan fingerprint density at radius 2 is 1.78 bits per heavy atom. The fourth-order valence-corrected chi connectivity index (χ4v) is 1.57.